The quantitative estimate of drug-likeness (QED) is 0.567. The van der Waals surface area contributed by atoms with Crippen LogP contribution in [0.4, 0.5) is 10.9 Å². The van der Waals surface area contributed by atoms with Gasteiger partial charge < -0.3 is 5.32 Å². The van der Waals surface area contributed by atoms with E-state index in [4.69, 9.17) is 0 Å². The minimum atomic E-state index is 0. The molecule has 3 rings (SSSR count). The maximum atomic E-state index is 4.42. The highest BCUT2D eigenvalue weighted by atomic mass is 35.5. The molecule has 2 aromatic heterocycles. The first-order valence-electron chi connectivity index (χ1n) is 7.54. The van der Waals surface area contributed by atoms with E-state index in [1.54, 1.807) is 23.1 Å². The van der Waals surface area contributed by atoms with Crippen molar-refractivity contribution in [3.8, 4) is 0 Å². The highest BCUT2D eigenvalue weighted by Crippen LogP contribution is 2.34. The summed E-state index contributed by atoms with van der Waals surface area (Å²) in [7, 11) is 0. The molecule has 0 spiro atoms. The van der Waals surface area contributed by atoms with Crippen LogP contribution in [0.5, 0.6) is 0 Å². The van der Waals surface area contributed by atoms with E-state index in [1.807, 2.05) is 24.6 Å². The number of aromatic nitrogens is 2. The first-order valence-corrected chi connectivity index (χ1v) is 9.23. The standard InChI is InChI=1S/C18H19N3S2.ClH/c1-12(2)15-6-4-5-7-16(15)23-14-8-9-19-17(10-14)21-18-20-13(3)11-22-18;/h4-12H,1-3H3,(H,19,20,21);1H. The van der Waals surface area contributed by atoms with Crippen molar-refractivity contribution in [2.45, 2.75) is 36.5 Å². The molecule has 0 saturated carbocycles. The van der Waals surface area contributed by atoms with Gasteiger partial charge in [0.15, 0.2) is 5.13 Å². The predicted molar refractivity (Wildman–Crippen MR) is 106 cm³/mol. The molecular formula is C18H20ClN3S2. The molecule has 6 heteroatoms. The molecule has 3 aromatic rings. The van der Waals surface area contributed by atoms with Gasteiger partial charge in [-0.05, 0) is 36.6 Å². The number of nitrogens with one attached hydrogen (secondary N) is 1. The Morgan fingerprint density at radius 3 is 2.67 bits per heavy atom. The lowest BCUT2D eigenvalue weighted by atomic mass is 10.0. The summed E-state index contributed by atoms with van der Waals surface area (Å²) < 4.78 is 0. The van der Waals surface area contributed by atoms with Gasteiger partial charge in [0.1, 0.15) is 5.82 Å². The number of nitrogens with zero attached hydrogens (tertiary/aromatic N) is 2. The number of anilines is 2. The number of pyridine rings is 1. The normalized spacial score (nSPS) is 10.5. The van der Waals surface area contributed by atoms with Crippen molar-refractivity contribution in [2.75, 3.05) is 5.32 Å². The third-order valence-electron chi connectivity index (χ3n) is 3.35. The van der Waals surface area contributed by atoms with Crippen molar-refractivity contribution < 1.29 is 0 Å². The van der Waals surface area contributed by atoms with Gasteiger partial charge in [0.25, 0.3) is 0 Å². The van der Waals surface area contributed by atoms with Crippen LogP contribution >= 0.6 is 35.5 Å². The SMILES string of the molecule is Cc1csc(Nc2cc(Sc3ccccc3C(C)C)ccn2)n1.Cl. The number of rotatable bonds is 5. The van der Waals surface area contributed by atoms with Crippen LogP contribution in [0.3, 0.4) is 0 Å². The summed E-state index contributed by atoms with van der Waals surface area (Å²) in [5.41, 5.74) is 2.40. The molecule has 0 aliphatic rings. The van der Waals surface area contributed by atoms with E-state index in [-0.39, 0.29) is 12.4 Å². The van der Waals surface area contributed by atoms with E-state index >= 15 is 0 Å². The second kappa shape index (κ2) is 8.51. The smallest absolute Gasteiger partial charge is 0.188 e. The van der Waals surface area contributed by atoms with E-state index < -0.39 is 0 Å². The van der Waals surface area contributed by atoms with Crippen LogP contribution in [-0.4, -0.2) is 9.97 Å². The fourth-order valence-corrected chi connectivity index (χ4v) is 4.06. The van der Waals surface area contributed by atoms with Gasteiger partial charge in [0.2, 0.25) is 0 Å². The maximum absolute atomic E-state index is 4.42. The van der Waals surface area contributed by atoms with Gasteiger partial charge in [-0.3, -0.25) is 0 Å². The summed E-state index contributed by atoms with van der Waals surface area (Å²) in [5, 5.41) is 6.17. The highest BCUT2D eigenvalue weighted by Gasteiger charge is 2.08. The van der Waals surface area contributed by atoms with Gasteiger partial charge in [-0.25, -0.2) is 9.97 Å². The second-order valence-electron chi connectivity index (χ2n) is 5.59. The molecule has 0 radical (unpaired) electrons. The molecule has 1 N–H and O–H groups in total. The molecule has 0 fully saturated rings. The zero-order valence-electron chi connectivity index (χ0n) is 13.8. The van der Waals surface area contributed by atoms with Crippen LogP contribution in [0.15, 0.2) is 57.8 Å². The number of benzene rings is 1. The maximum Gasteiger partial charge on any atom is 0.188 e. The van der Waals surface area contributed by atoms with Crippen LogP contribution in [0.25, 0.3) is 0 Å². The lowest BCUT2D eigenvalue weighted by Crippen LogP contribution is -1.93. The average Bonchev–Trinajstić information content (AvgIpc) is 2.93. The van der Waals surface area contributed by atoms with E-state index in [0.717, 1.165) is 16.6 Å². The Morgan fingerprint density at radius 2 is 1.96 bits per heavy atom. The molecule has 1 aromatic carbocycles. The molecule has 0 aliphatic heterocycles. The van der Waals surface area contributed by atoms with E-state index in [2.05, 4.69) is 59.5 Å². The van der Waals surface area contributed by atoms with Gasteiger partial charge in [0, 0.05) is 21.4 Å². The van der Waals surface area contributed by atoms with Crippen LogP contribution < -0.4 is 5.32 Å². The Kier molecular flexibility index (Phi) is 6.66. The van der Waals surface area contributed by atoms with Crippen molar-refractivity contribution in [1.29, 1.82) is 0 Å². The molecule has 0 bridgehead atoms. The molecule has 0 saturated heterocycles. The van der Waals surface area contributed by atoms with Gasteiger partial charge in [0.05, 0.1) is 5.69 Å². The summed E-state index contributed by atoms with van der Waals surface area (Å²) in [5.74, 6) is 1.34. The van der Waals surface area contributed by atoms with Crippen LogP contribution in [0, 0.1) is 6.92 Å². The minimum absolute atomic E-state index is 0. The Hall–Kier alpha value is -1.56. The summed E-state index contributed by atoms with van der Waals surface area (Å²) >= 11 is 3.37. The Labute approximate surface area is 157 Å². The van der Waals surface area contributed by atoms with Gasteiger partial charge in [-0.1, -0.05) is 43.8 Å². The van der Waals surface area contributed by atoms with Gasteiger partial charge >= 0.3 is 0 Å². The topological polar surface area (TPSA) is 37.8 Å². The highest BCUT2D eigenvalue weighted by molar-refractivity contribution is 7.99. The van der Waals surface area contributed by atoms with Gasteiger partial charge in [-0.15, -0.1) is 23.7 Å². The fraction of sp³-hybridized carbons (Fsp3) is 0.222. The lowest BCUT2D eigenvalue weighted by molar-refractivity contribution is 0.842. The van der Waals surface area contributed by atoms with E-state index in [1.165, 1.54) is 15.4 Å². The molecule has 0 unspecified atom stereocenters. The second-order valence-corrected chi connectivity index (χ2v) is 7.56. The van der Waals surface area contributed by atoms with Crippen LogP contribution in [0.1, 0.15) is 31.0 Å². The molecular weight excluding hydrogens is 358 g/mol. The van der Waals surface area contributed by atoms with E-state index in [9.17, 15) is 0 Å². The zero-order chi connectivity index (χ0) is 16.2. The average molecular weight is 378 g/mol. The van der Waals surface area contributed by atoms with Crippen molar-refractivity contribution in [3.05, 3.63) is 59.2 Å². The number of thiazole rings is 1. The number of halogens is 1. The Balaban J connectivity index is 0.00000208. The number of hydrogen-bond donors (Lipinski definition) is 1. The van der Waals surface area contributed by atoms with Crippen molar-refractivity contribution in [1.82, 2.24) is 9.97 Å². The Bertz CT molecular complexity index is 802. The molecule has 0 amide bonds. The molecule has 2 heterocycles. The summed E-state index contributed by atoms with van der Waals surface area (Å²) in [4.78, 5) is 11.3. The first-order chi connectivity index (χ1) is 11.1. The largest absolute Gasteiger partial charge is 0.316 e. The summed E-state index contributed by atoms with van der Waals surface area (Å²) in [6, 6.07) is 12.7. The monoisotopic (exact) mass is 377 g/mol. The molecule has 126 valence electrons. The fourth-order valence-electron chi connectivity index (χ4n) is 2.24. The predicted octanol–water partition coefficient (Wildman–Crippen LogP) is 6.29. The third-order valence-corrected chi connectivity index (χ3v) is 5.31. The molecule has 3 nitrogen and oxygen atoms in total. The zero-order valence-corrected chi connectivity index (χ0v) is 16.3. The van der Waals surface area contributed by atoms with Gasteiger partial charge in [-0.2, -0.15) is 0 Å². The van der Waals surface area contributed by atoms with Crippen molar-refractivity contribution >= 4 is 46.5 Å². The first kappa shape index (κ1) is 18.8. The third kappa shape index (κ3) is 4.72. The van der Waals surface area contributed by atoms with Crippen molar-refractivity contribution in [3.63, 3.8) is 0 Å². The van der Waals surface area contributed by atoms with Crippen LogP contribution in [0.2, 0.25) is 0 Å². The Morgan fingerprint density at radius 1 is 1.17 bits per heavy atom. The van der Waals surface area contributed by atoms with E-state index in [0.29, 0.717) is 5.92 Å². The molecule has 24 heavy (non-hydrogen) atoms. The summed E-state index contributed by atoms with van der Waals surface area (Å²) in [6.45, 7) is 6.44. The number of hydrogen-bond acceptors (Lipinski definition) is 5. The summed E-state index contributed by atoms with van der Waals surface area (Å²) in [6.07, 6.45) is 1.84. The van der Waals surface area contributed by atoms with Crippen LogP contribution in [-0.2, 0) is 0 Å². The van der Waals surface area contributed by atoms with Crippen molar-refractivity contribution in [2.24, 2.45) is 0 Å². The lowest BCUT2D eigenvalue weighted by Gasteiger charge is -2.12. The molecule has 0 atom stereocenters. The minimum Gasteiger partial charge on any atom is -0.316 e. The number of aryl methyl sites for hydroxylation is 1. The molecule has 0 aliphatic carbocycles.